The van der Waals surface area contributed by atoms with Gasteiger partial charge in [-0.2, -0.15) is 4.31 Å². The number of carboxylic acids is 1. The predicted molar refractivity (Wildman–Crippen MR) is 87.7 cm³/mol. The summed E-state index contributed by atoms with van der Waals surface area (Å²) in [6.45, 7) is 5.10. The maximum atomic E-state index is 12.2. The van der Waals surface area contributed by atoms with E-state index in [1.54, 1.807) is 20.8 Å². The smallest absolute Gasteiger partial charge is 0.427 e. The van der Waals surface area contributed by atoms with Crippen molar-refractivity contribution >= 4 is 29.9 Å². The van der Waals surface area contributed by atoms with E-state index in [2.05, 4.69) is 0 Å². The van der Waals surface area contributed by atoms with Crippen LogP contribution in [0.4, 0.5) is 4.79 Å². The molecule has 0 aliphatic rings. The van der Waals surface area contributed by atoms with E-state index in [9.17, 15) is 14.4 Å². The van der Waals surface area contributed by atoms with Gasteiger partial charge < -0.3 is 9.84 Å². The van der Waals surface area contributed by atoms with Crippen molar-refractivity contribution in [2.75, 3.05) is 0 Å². The molecule has 0 radical (unpaired) electrons. The van der Waals surface area contributed by atoms with E-state index in [4.69, 9.17) is 9.84 Å². The molecule has 0 aliphatic carbocycles. The van der Waals surface area contributed by atoms with Crippen LogP contribution in [0.25, 0.3) is 0 Å². The van der Waals surface area contributed by atoms with Gasteiger partial charge in [-0.25, -0.2) is 4.79 Å². The fourth-order valence-corrected chi connectivity index (χ4v) is 2.41. The van der Waals surface area contributed by atoms with Crippen LogP contribution in [-0.4, -0.2) is 33.0 Å². The molecule has 0 atom stereocenters. The minimum absolute atomic E-state index is 0.254. The molecule has 0 saturated carbocycles. The van der Waals surface area contributed by atoms with Crippen molar-refractivity contribution < 1.29 is 24.2 Å². The van der Waals surface area contributed by atoms with Crippen LogP contribution in [0.1, 0.15) is 39.2 Å². The van der Waals surface area contributed by atoms with E-state index in [0.717, 1.165) is 21.8 Å². The number of amides is 2. The fourth-order valence-electron chi connectivity index (χ4n) is 1.56. The average Bonchev–Trinajstić information content (AvgIpc) is 2.44. The lowest BCUT2D eigenvalue weighted by Gasteiger charge is -2.25. The number of aliphatic carboxylic acids is 1. The lowest BCUT2D eigenvalue weighted by atomic mass is 10.2. The molecule has 0 spiro atoms. The first-order valence-electron chi connectivity index (χ1n) is 7.13. The SMILES string of the molecule is CC(C)(C)OC(=O)N(SCc1ccccc1)C(=O)CCC(=O)O. The van der Waals surface area contributed by atoms with Gasteiger partial charge in [-0.15, -0.1) is 0 Å². The quantitative estimate of drug-likeness (QED) is 0.799. The molecule has 1 aromatic rings. The van der Waals surface area contributed by atoms with E-state index < -0.39 is 23.6 Å². The molecule has 0 fully saturated rings. The van der Waals surface area contributed by atoms with Crippen molar-refractivity contribution in [3.8, 4) is 0 Å². The third kappa shape index (κ3) is 7.69. The molecule has 2 amide bonds. The van der Waals surface area contributed by atoms with Crippen LogP contribution in [0.5, 0.6) is 0 Å². The molecule has 0 saturated heterocycles. The Morgan fingerprint density at radius 1 is 1.13 bits per heavy atom. The molecule has 1 N–H and O–H groups in total. The average molecular weight is 339 g/mol. The summed E-state index contributed by atoms with van der Waals surface area (Å²) in [7, 11) is 0. The molecule has 0 bridgehead atoms. The second-order valence-corrected chi connectivity index (χ2v) is 6.73. The third-order valence-electron chi connectivity index (χ3n) is 2.54. The van der Waals surface area contributed by atoms with Gasteiger partial charge in [0.1, 0.15) is 5.60 Å². The molecular formula is C16H21NO5S. The largest absolute Gasteiger partial charge is 0.481 e. The van der Waals surface area contributed by atoms with E-state index in [1.807, 2.05) is 30.3 Å². The summed E-state index contributed by atoms with van der Waals surface area (Å²) in [5.74, 6) is -1.27. The highest BCUT2D eigenvalue weighted by Gasteiger charge is 2.28. The Morgan fingerprint density at radius 3 is 2.26 bits per heavy atom. The van der Waals surface area contributed by atoms with Crippen LogP contribution >= 0.6 is 11.9 Å². The summed E-state index contributed by atoms with van der Waals surface area (Å²) in [4.78, 5) is 34.9. The topological polar surface area (TPSA) is 83.9 Å². The highest BCUT2D eigenvalue weighted by Crippen LogP contribution is 2.22. The monoisotopic (exact) mass is 339 g/mol. The molecule has 6 nitrogen and oxygen atoms in total. The number of imide groups is 1. The number of carbonyl (C=O) groups excluding carboxylic acids is 2. The van der Waals surface area contributed by atoms with E-state index in [1.165, 1.54) is 0 Å². The highest BCUT2D eigenvalue weighted by atomic mass is 32.2. The Morgan fingerprint density at radius 2 is 1.74 bits per heavy atom. The van der Waals surface area contributed by atoms with Gasteiger partial charge in [-0.1, -0.05) is 30.3 Å². The fraction of sp³-hybridized carbons (Fsp3) is 0.438. The van der Waals surface area contributed by atoms with Crippen molar-refractivity contribution in [2.45, 2.75) is 45.0 Å². The zero-order valence-electron chi connectivity index (χ0n) is 13.4. The van der Waals surface area contributed by atoms with E-state index in [0.29, 0.717) is 5.75 Å². The van der Waals surface area contributed by atoms with Gasteiger partial charge in [0.05, 0.1) is 6.42 Å². The first-order valence-corrected chi connectivity index (χ1v) is 8.08. The van der Waals surface area contributed by atoms with Gasteiger partial charge in [-0.05, 0) is 38.3 Å². The normalized spacial score (nSPS) is 10.9. The van der Waals surface area contributed by atoms with Gasteiger partial charge in [0.25, 0.3) is 0 Å². The second-order valence-electron chi connectivity index (χ2n) is 5.82. The standard InChI is InChI=1S/C16H21NO5S/c1-16(2,3)22-15(21)17(13(18)9-10-14(19)20)23-11-12-7-5-4-6-8-12/h4-8H,9-11H2,1-3H3,(H,19,20). The number of hydrogen-bond acceptors (Lipinski definition) is 5. The first-order chi connectivity index (χ1) is 10.7. The van der Waals surface area contributed by atoms with Gasteiger partial charge in [0.2, 0.25) is 5.91 Å². The third-order valence-corrected chi connectivity index (χ3v) is 3.62. The zero-order chi connectivity index (χ0) is 17.5. The Bertz CT molecular complexity index is 553. The Labute approximate surface area is 139 Å². The summed E-state index contributed by atoms with van der Waals surface area (Å²) in [5, 5.41) is 8.68. The van der Waals surface area contributed by atoms with Gasteiger partial charge in [-0.3, -0.25) is 9.59 Å². The summed E-state index contributed by atoms with van der Waals surface area (Å²) in [6.07, 6.45) is -1.37. The summed E-state index contributed by atoms with van der Waals surface area (Å²) in [6, 6.07) is 9.35. The molecule has 7 heteroatoms. The van der Waals surface area contributed by atoms with Crippen LogP contribution in [0.2, 0.25) is 0 Å². The number of ether oxygens (including phenoxy) is 1. The lowest BCUT2D eigenvalue weighted by Crippen LogP contribution is -2.36. The van der Waals surface area contributed by atoms with Crippen molar-refractivity contribution in [1.82, 2.24) is 4.31 Å². The van der Waals surface area contributed by atoms with Crippen LogP contribution in [0.3, 0.4) is 0 Å². The number of hydrogen-bond donors (Lipinski definition) is 1. The number of carboxylic acid groups (broad SMARTS) is 1. The van der Waals surface area contributed by atoms with Crippen molar-refractivity contribution in [3.05, 3.63) is 35.9 Å². The van der Waals surface area contributed by atoms with Crippen LogP contribution in [-0.2, 0) is 20.1 Å². The summed E-state index contributed by atoms with van der Waals surface area (Å²) >= 11 is 1.000. The second kappa shape index (κ2) is 8.57. The number of rotatable bonds is 6. The predicted octanol–water partition coefficient (Wildman–Crippen LogP) is 3.46. The van der Waals surface area contributed by atoms with Crippen molar-refractivity contribution in [3.63, 3.8) is 0 Å². The molecule has 23 heavy (non-hydrogen) atoms. The highest BCUT2D eigenvalue weighted by molar-refractivity contribution is 7.97. The number of benzene rings is 1. The molecule has 126 valence electrons. The molecule has 1 aromatic carbocycles. The maximum absolute atomic E-state index is 12.2. The van der Waals surface area contributed by atoms with E-state index >= 15 is 0 Å². The molecule has 1 rings (SSSR count). The maximum Gasteiger partial charge on any atom is 0.427 e. The van der Waals surface area contributed by atoms with Crippen LogP contribution < -0.4 is 0 Å². The zero-order valence-corrected chi connectivity index (χ0v) is 14.3. The number of nitrogens with zero attached hydrogens (tertiary/aromatic N) is 1. The molecular weight excluding hydrogens is 318 g/mol. The van der Waals surface area contributed by atoms with Gasteiger partial charge >= 0.3 is 12.1 Å². The molecule has 0 heterocycles. The van der Waals surface area contributed by atoms with Gasteiger partial charge in [0, 0.05) is 12.2 Å². The summed E-state index contributed by atoms with van der Waals surface area (Å²) < 4.78 is 6.12. The molecule has 0 unspecified atom stereocenters. The van der Waals surface area contributed by atoms with Gasteiger partial charge in [0.15, 0.2) is 0 Å². The molecule has 0 aromatic heterocycles. The molecule has 0 aliphatic heterocycles. The van der Waals surface area contributed by atoms with Crippen LogP contribution in [0, 0.1) is 0 Å². The van der Waals surface area contributed by atoms with Crippen molar-refractivity contribution in [2.24, 2.45) is 0 Å². The first kappa shape index (κ1) is 19.0. The number of carbonyl (C=O) groups is 3. The Balaban J connectivity index is 2.76. The Kier molecular flexibility index (Phi) is 7.09. The van der Waals surface area contributed by atoms with Crippen molar-refractivity contribution in [1.29, 1.82) is 0 Å². The minimum Gasteiger partial charge on any atom is -0.481 e. The Hall–Kier alpha value is -2.02. The van der Waals surface area contributed by atoms with E-state index in [-0.39, 0.29) is 12.8 Å². The van der Waals surface area contributed by atoms with Crippen LogP contribution in [0.15, 0.2) is 30.3 Å². The minimum atomic E-state index is -1.09. The lowest BCUT2D eigenvalue weighted by molar-refractivity contribution is -0.139. The summed E-state index contributed by atoms with van der Waals surface area (Å²) in [5.41, 5.74) is 0.201.